The molecule has 0 saturated heterocycles. The molecule has 252 valence electrons. The minimum absolute atomic E-state index is 0.0112. The lowest BCUT2D eigenvalue weighted by molar-refractivity contribution is -0.159. The van der Waals surface area contributed by atoms with E-state index in [-0.39, 0.29) is 37.2 Å². The Balaban J connectivity index is 1.26. The largest absolute Gasteiger partial charge is 0.465 e. The van der Waals surface area contributed by atoms with Gasteiger partial charge in [0, 0.05) is 5.92 Å². The number of hydrogen-bond acceptors (Lipinski definition) is 6. The van der Waals surface area contributed by atoms with Crippen LogP contribution in [0.1, 0.15) is 134 Å². The summed E-state index contributed by atoms with van der Waals surface area (Å²) in [6.07, 6.45) is 18.1. The SMILES string of the molecule is C=C(CO)C(=O)OCC(COC(=O)C(C)(C)CO)C1CCC(c2ccc(C3CCC(C4CCC(CCC)CC4)CC3)cc2)CC1. The van der Waals surface area contributed by atoms with Crippen LogP contribution in [0.5, 0.6) is 0 Å². The summed E-state index contributed by atoms with van der Waals surface area (Å²) in [6, 6.07) is 9.50. The van der Waals surface area contributed by atoms with E-state index in [1.54, 1.807) is 13.8 Å². The molecule has 2 N–H and O–H groups in total. The predicted octanol–water partition coefficient (Wildman–Crippen LogP) is 8.11. The van der Waals surface area contributed by atoms with Crippen molar-refractivity contribution in [2.75, 3.05) is 26.4 Å². The third kappa shape index (κ3) is 9.91. The molecule has 1 aromatic carbocycles. The number of rotatable bonds is 14. The van der Waals surface area contributed by atoms with Crippen LogP contribution in [0.15, 0.2) is 36.4 Å². The highest BCUT2D eigenvalue weighted by atomic mass is 16.5. The highest BCUT2D eigenvalue weighted by molar-refractivity contribution is 5.87. The molecule has 45 heavy (non-hydrogen) atoms. The average molecular weight is 625 g/mol. The average Bonchev–Trinajstić information content (AvgIpc) is 3.08. The van der Waals surface area contributed by atoms with Gasteiger partial charge >= 0.3 is 11.9 Å². The summed E-state index contributed by atoms with van der Waals surface area (Å²) < 4.78 is 11.1. The molecule has 1 aromatic rings. The normalized spacial score (nSPS) is 28.2. The maximum absolute atomic E-state index is 12.5. The van der Waals surface area contributed by atoms with Crippen LogP contribution >= 0.6 is 0 Å². The topological polar surface area (TPSA) is 93.1 Å². The van der Waals surface area contributed by atoms with Crippen molar-refractivity contribution in [3.63, 3.8) is 0 Å². The second-order valence-electron chi connectivity index (χ2n) is 15.2. The Hall–Kier alpha value is -2.18. The summed E-state index contributed by atoms with van der Waals surface area (Å²) in [7, 11) is 0. The lowest BCUT2D eigenvalue weighted by Gasteiger charge is -2.38. The maximum atomic E-state index is 12.5. The molecule has 0 aromatic heterocycles. The van der Waals surface area contributed by atoms with E-state index in [2.05, 4.69) is 37.8 Å². The summed E-state index contributed by atoms with van der Waals surface area (Å²) in [5.74, 6) is 3.13. The molecule has 0 radical (unpaired) electrons. The molecule has 0 bridgehead atoms. The van der Waals surface area contributed by atoms with Crippen LogP contribution in [0.4, 0.5) is 0 Å². The second-order valence-corrected chi connectivity index (χ2v) is 15.2. The first-order chi connectivity index (χ1) is 21.6. The van der Waals surface area contributed by atoms with Crippen LogP contribution in [-0.2, 0) is 19.1 Å². The number of esters is 2. The van der Waals surface area contributed by atoms with Gasteiger partial charge in [0.2, 0.25) is 0 Å². The van der Waals surface area contributed by atoms with Crippen molar-refractivity contribution in [3.05, 3.63) is 47.5 Å². The minimum Gasteiger partial charge on any atom is -0.465 e. The lowest BCUT2D eigenvalue weighted by atomic mass is 9.68. The first-order valence-corrected chi connectivity index (χ1v) is 18.0. The molecule has 3 saturated carbocycles. The lowest BCUT2D eigenvalue weighted by Crippen LogP contribution is -2.35. The number of hydrogen-bond donors (Lipinski definition) is 2. The van der Waals surface area contributed by atoms with E-state index in [0.717, 1.165) is 43.4 Å². The number of carbonyl (C=O) groups excluding carboxylic acids is 2. The summed E-state index contributed by atoms with van der Waals surface area (Å²) in [5.41, 5.74) is 1.95. The minimum atomic E-state index is -0.983. The summed E-state index contributed by atoms with van der Waals surface area (Å²) >= 11 is 0. The molecule has 3 aliphatic carbocycles. The van der Waals surface area contributed by atoms with Crippen LogP contribution in [0.2, 0.25) is 0 Å². The zero-order valence-electron chi connectivity index (χ0n) is 28.3. The van der Waals surface area contributed by atoms with Crippen molar-refractivity contribution in [1.29, 1.82) is 0 Å². The summed E-state index contributed by atoms with van der Waals surface area (Å²) in [6.45, 7) is 8.67. The van der Waals surface area contributed by atoms with Crippen LogP contribution in [0.25, 0.3) is 0 Å². The Labute approximate surface area is 272 Å². The van der Waals surface area contributed by atoms with Gasteiger partial charge in [-0.2, -0.15) is 0 Å². The molecular formula is C39H60O6. The van der Waals surface area contributed by atoms with Gasteiger partial charge in [0.1, 0.15) is 0 Å². The predicted molar refractivity (Wildman–Crippen MR) is 179 cm³/mol. The third-order valence-electron chi connectivity index (χ3n) is 11.6. The number of aliphatic hydroxyl groups excluding tert-OH is 2. The Bertz CT molecular complexity index is 1070. The van der Waals surface area contributed by atoms with E-state index < -0.39 is 24.0 Å². The van der Waals surface area contributed by atoms with Crippen LogP contribution in [-0.4, -0.2) is 48.6 Å². The molecule has 6 heteroatoms. The van der Waals surface area contributed by atoms with Gasteiger partial charge in [-0.1, -0.05) is 63.5 Å². The molecule has 0 heterocycles. The molecule has 1 atom stereocenters. The van der Waals surface area contributed by atoms with E-state index in [4.69, 9.17) is 9.47 Å². The molecule has 4 rings (SSSR count). The van der Waals surface area contributed by atoms with Crippen molar-refractivity contribution in [1.82, 2.24) is 0 Å². The van der Waals surface area contributed by atoms with E-state index in [1.165, 1.54) is 75.3 Å². The number of aliphatic hydroxyl groups is 2. The van der Waals surface area contributed by atoms with Gasteiger partial charge in [-0.15, -0.1) is 0 Å². The van der Waals surface area contributed by atoms with E-state index in [9.17, 15) is 19.8 Å². The summed E-state index contributed by atoms with van der Waals surface area (Å²) in [5, 5.41) is 18.8. The quantitative estimate of drug-likeness (QED) is 0.160. The fraction of sp³-hybridized carbons (Fsp3) is 0.744. The van der Waals surface area contributed by atoms with Gasteiger partial charge in [-0.25, -0.2) is 4.79 Å². The number of benzene rings is 1. The van der Waals surface area contributed by atoms with Crippen LogP contribution in [0, 0.1) is 35.0 Å². The highest BCUT2D eigenvalue weighted by Gasteiger charge is 2.34. The van der Waals surface area contributed by atoms with Gasteiger partial charge in [0.15, 0.2) is 0 Å². The Morgan fingerprint density at radius 2 is 1.29 bits per heavy atom. The van der Waals surface area contributed by atoms with Gasteiger partial charge in [-0.3, -0.25) is 4.79 Å². The van der Waals surface area contributed by atoms with Crippen molar-refractivity contribution < 1.29 is 29.3 Å². The highest BCUT2D eigenvalue weighted by Crippen LogP contribution is 2.45. The molecular weight excluding hydrogens is 564 g/mol. The fourth-order valence-electron chi connectivity index (χ4n) is 8.36. The second kappa shape index (κ2) is 17.1. The molecule has 0 aliphatic heterocycles. The van der Waals surface area contributed by atoms with Crippen molar-refractivity contribution in [2.24, 2.45) is 35.0 Å². The molecule has 6 nitrogen and oxygen atoms in total. The molecule has 1 unspecified atom stereocenters. The van der Waals surface area contributed by atoms with E-state index in [1.807, 2.05) is 0 Å². The zero-order chi connectivity index (χ0) is 32.4. The number of carbonyl (C=O) groups is 2. The Morgan fingerprint density at radius 1 is 0.800 bits per heavy atom. The van der Waals surface area contributed by atoms with E-state index >= 15 is 0 Å². The summed E-state index contributed by atoms with van der Waals surface area (Å²) in [4.78, 5) is 24.7. The smallest absolute Gasteiger partial charge is 0.335 e. The van der Waals surface area contributed by atoms with Gasteiger partial charge in [0.25, 0.3) is 0 Å². The Kier molecular flexibility index (Phi) is 13.6. The van der Waals surface area contributed by atoms with E-state index in [0.29, 0.717) is 11.8 Å². The first kappa shape index (κ1) is 35.7. The first-order valence-electron chi connectivity index (χ1n) is 18.0. The monoisotopic (exact) mass is 624 g/mol. The van der Waals surface area contributed by atoms with Crippen molar-refractivity contribution >= 4 is 11.9 Å². The van der Waals surface area contributed by atoms with Gasteiger partial charge < -0.3 is 19.7 Å². The zero-order valence-corrected chi connectivity index (χ0v) is 28.3. The molecule has 0 spiro atoms. The van der Waals surface area contributed by atoms with Crippen molar-refractivity contribution in [3.8, 4) is 0 Å². The Morgan fingerprint density at radius 3 is 1.78 bits per heavy atom. The third-order valence-corrected chi connectivity index (χ3v) is 11.6. The standard InChI is InChI=1S/C39H60O6/c1-5-6-28-7-9-29(10-8-28)30-11-13-31(14-12-30)32-15-17-33(18-16-32)34-19-21-35(22-20-34)36(24-44-37(42)27(2)23-40)25-45-38(43)39(3,4)26-41/h15-18,28-31,34-36,40-41H,2,5-14,19-26H2,1,3-4H3. The molecule has 3 fully saturated rings. The maximum Gasteiger partial charge on any atom is 0.335 e. The van der Waals surface area contributed by atoms with Crippen molar-refractivity contribution in [2.45, 2.75) is 122 Å². The van der Waals surface area contributed by atoms with Gasteiger partial charge in [0.05, 0.1) is 37.4 Å². The molecule has 0 amide bonds. The van der Waals surface area contributed by atoms with Crippen LogP contribution in [0.3, 0.4) is 0 Å². The molecule has 3 aliphatic rings. The number of ether oxygens (including phenoxy) is 2. The van der Waals surface area contributed by atoms with Gasteiger partial charge in [-0.05, 0) is 125 Å². The van der Waals surface area contributed by atoms with Crippen LogP contribution < -0.4 is 0 Å². The fourth-order valence-corrected chi connectivity index (χ4v) is 8.36.